The minimum atomic E-state index is 0.0966. The van der Waals surface area contributed by atoms with Crippen molar-refractivity contribution in [2.75, 3.05) is 11.9 Å². The molecule has 4 nitrogen and oxygen atoms in total. The number of aromatic nitrogens is 1. The van der Waals surface area contributed by atoms with Crippen LogP contribution in [-0.2, 0) is 4.74 Å². The number of rotatable bonds is 5. The van der Waals surface area contributed by atoms with Crippen LogP contribution in [-0.4, -0.2) is 28.7 Å². The predicted octanol–water partition coefficient (Wildman–Crippen LogP) is 2.33. The highest BCUT2D eigenvalue weighted by atomic mass is 32.1. The molecule has 0 radical (unpaired) electrons. The van der Waals surface area contributed by atoms with E-state index in [-0.39, 0.29) is 5.41 Å². The van der Waals surface area contributed by atoms with Crippen LogP contribution in [0.5, 0.6) is 0 Å². The minimum Gasteiger partial charge on any atom is -0.389 e. The Morgan fingerprint density at radius 2 is 2.37 bits per heavy atom. The van der Waals surface area contributed by atoms with Gasteiger partial charge in [-0.3, -0.25) is 4.98 Å². The van der Waals surface area contributed by atoms with E-state index in [0.29, 0.717) is 17.1 Å². The van der Waals surface area contributed by atoms with Crippen molar-refractivity contribution < 1.29 is 4.74 Å². The topological polar surface area (TPSA) is 60.2 Å². The minimum absolute atomic E-state index is 0.0966. The molecule has 3 N–H and O–H groups in total. The van der Waals surface area contributed by atoms with E-state index in [2.05, 4.69) is 24.1 Å². The van der Waals surface area contributed by atoms with E-state index in [9.17, 15) is 0 Å². The van der Waals surface area contributed by atoms with Gasteiger partial charge in [0.25, 0.3) is 0 Å². The van der Waals surface area contributed by atoms with E-state index in [0.717, 1.165) is 24.3 Å². The summed E-state index contributed by atoms with van der Waals surface area (Å²) >= 11 is 5.06. The third-order valence-corrected chi connectivity index (χ3v) is 4.18. The summed E-state index contributed by atoms with van der Waals surface area (Å²) in [5.41, 5.74) is 7.58. The molecule has 104 valence electrons. The van der Waals surface area contributed by atoms with Gasteiger partial charge in [-0.15, -0.1) is 0 Å². The highest BCUT2D eigenvalue weighted by molar-refractivity contribution is 7.80. The molecule has 2 rings (SSSR count). The van der Waals surface area contributed by atoms with E-state index in [4.69, 9.17) is 22.7 Å². The Kier molecular flexibility index (Phi) is 4.06. The average molecular weight is 279 g/mol. The van der Waals surface area contributed by atoms with Crippen molar-refractivity contribution in [3.05, 3.63) is 24.0 Å². The SMILES string of the molecule is CCOC1CC(Nc2cnccc2C(N)=S)C1(C)C. The Morgan fingerprint density at radius 1 is 1.63 bits per heavy atom. The van der Waals surface area contributed by atoms with Crippen molar-refractivity contribution in [2.45, 2.75) is 39.3 Å². The van der Waals surface area contributed by atoms with Crippen LogP contribution in [0.15, 0.2) is 18.5 Å². The number of nitrogens with one attached hydrogen (secondary N) is 1. The van der Waals surface area contributed by atoms with E-state index >= 15 is 0 Å². The van der Waals surface area contributed by atoms with Gasteiger partial charge in [-0.2, -0.15) is 0 Å². The molecular weight excluding hydrogens is 258 g/mol. The Bertz CT molecular complexity index is 476. The number of pyridine rings is 1. The summed E-state index contributed by atoms with van der Waals surface area (Å²) in [6.45, 7) is 7.21. The van der Waals surface area contributed by atoms with Crippen molar-refractivity contribution in [3.63, 3.8) is 0 Å². The highest BCUT2D eigenvalue weighted by Gasteiger charge is 2.49. The molecule has 0 amide bonds. The molecular formula is C14H21N3OS. The lowest BCUT2D eigenvalue weighted by Crippen LogP contribution is -2.58. The van der Waals surface area contributed by atoms with Crippen LogP contribution in [0.2, 0.25) is 0 Å². The fourth-order valence-corrected chi connectivity index (χ4v) is 2.70. The van der Waals surface area contributed by atoms with Gasteiger partial charge in [0, 0.05) is 29.8 Å². The average Bonchev–Trinajstić information content (AvgIpc) is 2.38. The lowest BCUT2D eigenvalue weighted by molar-refractivity contribution is -0.0976. The van der Waals surface area contributed by atoms with Gasteiger partial charge in [0.1, 0.15) is 4.99 Å². The molecule has 5 heteroatoms. The summed E-state index contributed by atoms with van der Waals surface area (Å²) in [6, 6.07) is 2.19. The fourth-order valence-electron chi connectivity index (χ4n) is 2.53. The Labute approximate surface area is 119 Å². The second-order valence-corrected chi connectivity index (χ2v) is 5.92. The first-order valence-electron chi connectivity index (χ1n) is 6.58. The molecule has 1 aliphatic carbocycles. The van der Waals surface area contributed by atoms with Gasteiger partial charge in [-0.05, 0) is 19.4 Å². The van der Waals surface area contributed by atoms with Crippen LogP contribution in [0, 0.1) is 5.41 Å². The first kappa shape index (κ1) is 14.2. The number of hydrogen-bond donors (Lipinski definition) is 2. The molecule has 1 heterocycles. The lowest BCUT2D eigenvalue weighted by Gasteiger charge is -2.52. The summed E-state index contributed by atoms with van der Waals surface area (Å²) in [6.07, 6.45) is 4.78. The maximum Gasteiger partial charge on any atom is 0.106 e. The zero-order valence-corrected chi connectivity index (χ0v) is 12.5. The van der Waals surface area contributed by atoms with Crippen LogP contribution < -0.4 is 11.1 Å². The molecule has 0 bridgehead atoms. The van der Waals surface area contributed by atoms with E-state index < -0.39 is 0 Å². The molecule has 1 saturated carbocycles. The van der Waals surface area contributed by atoms with Crippen molar-refractivity contribution in [3.8, 4) is 0 Å². The number of nitrogens with zero attached hydrogens (tertiary/aromatic N) is 1. The second-order valence-electron chi connectivity index (χ2n) is 5.48. The molecule has 1 fully saturated rings. The number of thiocarbonyl (C=S) groups is 1. The fraction of sp³-hybridized carbons (Fsp3) is 0.571. The van der Waals surface area contributed by atoms with Crippen molar-refractivity contribution in [2.24, 2.45) is 11.1 Å². The number of ether oxygens (including phenoxy) is 1. The first-order chi connectivity index (χ1) is 8.96. The molecule has 2 unspecified atom stereocenters. The normalized spacial score (nSPS) is 24.6. The van der Waals surface area contributed by atoms with Crippen LogP contribution in [0.3, 0.4) is 0 Å². The van der Waals surface area contributed by atoms with Gasteiger partial charge >= 0.3 is 0 Å². The van der Waals surface area contributed by atoms with Crippen LogP contribution in [0.25, 0.3) is 0 Å². The molecule has 1 aromatic heterocycles. The van der Waals surface area contributed by atoms with Gasteiger partial charge in [0.05, 0.1) is 18.0 Å². The maximum atomic E-state index is 5.73. The standard InChI is InChI=1S/C14H21N3OS/c1-4-18-12-7-11(14(12,2)3)17-10-8-16-6-5-9(10)13(15)19/h5-6,8,11-12,17H,4,7H2,1-3H3,(H2,15,19). The monoisotopic (exact) mass is 279 g/mol. The highest BCUT2D eigenvalue weighted by Crippen LogP contribution is 2.44. The van der Waals surface area contributed by atoms with E-state index in [1.807, 2.05) is 13.0 Å². The van der Waals surface area contributed by atoms with Crippen molar-refractivity contribution >= 4 is 22.9 Å². The maximum absolute atomic E-state index is 5.73. The Hall–Kier alpha value is -1.20. The molecule has 2 atom stereocenters. The third-order valence-electron chi connectivity index (χ3n) is 3.96. The number of nitrogens with two attached hydrogens (primary N) is 1. The smallest absolute Gasteiger partial charge is 0.106 e. The van der Waals surface area contributed by atoms with Gasteiger partial charge < -0.3 is 15.8 Å². The molecule has 0 saturated heterocycles. The van der Waals surface area contributed by atoms with Crippen LogP contribution >= 0.6 is 12.2 Å². The van der Waals surface area contributed by atoms with Gasteiger partial charge in [0.15, 0.2) is 0 Å². The van der Waals surface area contributed by atoms with Crippen molar-refractivity contribution in [1.29, 1.82) is 0 Å². The van der Waals surface area contributed by atoms with Crippen LogP contribution in [0.4, 0.5) is 5.69 Å². The zero-order valence-electron chi connectivity index (χ0n) is 11.6. The quantitative estimate of drug-likeness (QED) is 0.810. The van der Waals surface area contributed by atoms with Gasteiger partial charge in [-0.1, -0.05) is 26.1 Å². The van der Waals surface area contributed by atoms with Crippen LogP contribution in [0.1, 0.15) is 32.8 Å². The molecule has 0 aliphatic heterocycles. The largest absolute Gasteiger partial charge is 0.389 e. The number of anilines is 1. The zero-order chi connectivity index (χ0) is 14.0. The molecule has 1 aromatic rings. The summed E-state index contributed by atoms with van der Waals surface area (Å²) in [5, 5.41) is 3.50. The lowest BCUT2D eigenvalue weighted by atomic mass is 9.64. The number of hydrogen-bond acceptors (Lipinski definition) is 4. The Morgan fingerprint density at radius 3 is 2.95 bits per heavy atom. The van der Waals surface area contributed by atoms with E-state index in [1.165, 1.54) is 0 Å². The first-order valence-corrected chi connectivity index (χ1v) is 6.99. The molecule has 0 aromatic carbocycles. The van der Waals surface area contributed by atoms with Crippen molar-refractivity contribution in [1.82, 2.24) is 4.98 Å². The molecule has 1 aliphatic rings. The Balaban J connectivity index is 2.10. The van der Waals surface area contributed by atoms with Gasteiger partial charge in [0.2, 0.25) is 0 Å². The predicted molar refractivity (Wildman–Crippen MR) is 81.3 cm³/mol. The summed E-state index contributed by atoms with van der Waals surface area (Å²) < 4.78 is 5.73. The summed E-state index contributed by atoms with van der Waals surface area (Å²) in [5.74, 6) is 0. The molecule has 19 heavy (non-hydrogen) atoms. The van der Waals surface area contributed by atoms with Gasteiger partial charge in [-0.25, -0.2) is 0 Å². The molecule has 0 spiro atoms. The second kappa shape index (κ2) is 5.43. The summed E-state index contributed by atoms with van der Waals surface area (Å²) in [4.78, 5) is 4.53. The summed E-state index contributed by atoms with van der Waals surface area (Å²) in [7, 11) is 0. The third kappa shape index (κ3) is 2.72. The van der Waals surface area contributed by atoms with E-state index in [1.54, 1.807) is 12.4 Å².